The molecule has 1 fully saturated rings. The second-order valence-corrected chi connectivity index (χ2v) is 5.42. The number of amides is 1. The molecule has 2 rings (SSSR count). The fraction of sp³-hybridized carbons (Fsp3) is 0.643. The summed E-state index contributed by atoms with van der Waals surface area (Å²) in [5, 5.41) is 2.98. The molecule has 2 atom stereocenters. The number of aryl methyl sites for hydroxylation is 1. The van der Waals surface area contributed by atoms with Gasteiger partial charge in [-0.1, -0.05) is 0 Å². The third-order valence-electron chi connectivity index (χ3n) is 3.88. The molecule has 0 bridgehead atoms. The van der Waals surface area contributed by atoms with E-state index in [1.807, 2.05) is 0 Å². The highest BCUT2D eigenvalue weighted by molar-refractivity contribution is 5.92. The normalized spacial score (nSPS) is 24.2. The summed E-state index contributed by atoms with van der Waals surface area (Å²) in [7, 11) is 2.16. The summed E-state index contributed by atoms with van der Waals surface area (Å²) in [6.07, 6.45) is 3.90. The number of carbonyl (C=O) groups is 1. The molecule has 0 aliphatic carbocycles. The number of nitrogens with one attached hydrogen (secondary N) is 1. The summed E-state index contributed by atoms with van der Waals surface area (Å²) in [6, 6.07) is 2.25. The molecule has 1 amide bonds. The van der Waals surface area contributed by atoms with Gasteiger partial charge in [-0.05, 0) is 52.3 Å². The summed E-state index contributed by atoms with van der Waals surface area (Å²) < 4.78 is 0. The number of aromatic nitrogens is 2. The minimum Gasteiger partial charge on any atom is -0.350 e. The molecular weight excluding hydrogens is 240 g/mol. The van der Waals surface area contributed by atoms with Gasteiger partial charge in [-0.2, -0.15) is 0 Å². The smallest absolute Gasteiger partial charge is 0.270 e. The number of nitrogens with zero attached hydrogens (tertiary/aromatic N) is 3. The monoisotopic (exact) mass is 262 g/mol. The molecular formula is C14H22N4O. The van der Waals surface area contributed by atoms with E-state index < -0.39 is 0 Å². The van der Waals surface area contributed by atoms with Gasteiger partial charge in [0, 0.05) is 18.8 Å². The Hall–Kier alpha value is -1.49. The SMILES string of the molecule is Cc1nccc(C(=O)NCC2CCN(C)[C@@H](C)C2)n1. The van der Waals surface area contributed by atoms with Crippen molar-refractivity contribution in [2.75, 3.05) is 20.1 Å². The van der Waals surface area contributed by atoms with Gasteiger partial charge in [-0.15, -0.1) is 0 Å². The van der Waals surface area contributed by atoms with Crippen LogP contribution in [0.25, 0.3) is 0 Å². The first-order chi connectivity index (χ1) is 9.06. The lowest BCUT2D eigenvalue weighted by Gasteiger charge is -2.35. The molecule has 5 nitrogen and oxygen atoms in total. The molecule has 1 aromatic rings. The van der Waals surface area contributed by atoms with Crippen LogP contribution in [0.4, 0.5) is 0 Å². The number of likely N-dealkylation sites (tertiary alicyclic amines) is 1. The lowest BCUT2D eigenvalue weighted by Crippen LogP contribution is -2.41. The van der Waals surface area contributed by atoms with Gasteiger partial charge in [-0.25, -0.2) is 9.97 Å². The van der Waals surface area contributed by atoms with Crippen molar-refractivity contribution in [3.8, 4) is 0 Å². The number of hydrogen-bond acceptors (Lipinski definition) is 4. The lowest BCUT2D eigenvalue weighted by molar-refractivity contribution is 0.0922. The van der Waals surface area contributed by atoms with Gasteiger partial charge in [0.2, 0.25) is 0 Å². The quantitative estimate of drug-likeness (QED) is 0.890. The fourth-order valence-electron chi connectivity index (χ4n) is 2.48. The van der Waals surface area contributed by atoms with Gasteiger partial charge in [-0.3, -0.25) is 4.79 Å². The maximum Gasteiger partial charge on any atom is 0.270 e. The number of piperidine rings is 1. The Bertz CT molecular complexity index is 449. The molecule has 1 unspecified atom stereocenters. The fourth-order valence-corrected chi connectivity index (χ4v) is 2.48. The Morgan fingerprint density at radius 3 is 3.05 bits per heavy atom. The highest BCUT2D eigenvalue weighted by Gasteiger charge is 2.23. The first-order valence-corrected chi connectivity index (χ1v) is 6.84. The van der Waals surface area contributed by atoms with Gasteiger partial charge in [0.1, 0.15) is 11.5 Å². The average molecular weight is 262 g/mol. The third-order valence-corrected chi connectivity index (χ3v) is 3.88. The molecule has 19 heavy (non-hydrogen) atoms. The van der Waals surface area contributed by atoms with Crippen LogP contribution in [0.15, 0.2) is 12.3 Å². The van der Waals surface area contributed by atoms with E-state index in [1.165, 1.54) is 0 Å². The van der Waals surface area contributed by atoms with Crippen molar-refractivity contribution in [2.45, 2.75) is 32.7 Å². The van der Waals surface area contributed by atoms with Crippen molar-refractivity contribution in [1.29, 1.82) is 0 Å². The third kappa shape index (κ3) is 3.73. The zero-order chi connectivity index (χ0) is 13.8. The van der Waals surface area contributed by atoms with Gasteiger partial charge < -0.3 is 10.2 Å². The van der Waals surface area contributed by atoms with Crippen molar-refractivity contribution in [3.63, 3.8) is 0 Å². The Labute approximate surface area is 114 Å². The molecule has 0 radical (unpaired) electrons. The van der Waals surface area contributed by atoms with E-state index in [0.717, 1.165) is 25.9 Å². The zero-order valence-corrected chi connectivity index (χ0v) is 11.9. The maximum atomic E-state index is 12.0. The van der Waals surface area contributed by atoms with Crippen LogP contribution >= 0.6 is 0 Å². The highest BCUT2D eigenvalue weighted by Crippen LogP contribution is 2.20. The number of rotatable bonds is 3. The molecule has 1 aliphatic heterocycles. The molecule has 1 aromatic heterocycles. The number of carbonyl (C=O) groups excluding carboxylic acids is 1. The Morgan fingerprint density at radius 1 is 1.58 bits per heavy atom. The van der Waals surface area contributed by atoms with Crippen LogP contribution in [0.1, 0.15) is 36.1 Å². The van der Waals surface area contributed by atoms with Gasteiger partial charge in [0.05, 0.1) is 0 Å². The van der Waals surface area contributed by atoms with E-state index in [9.17, 15) is 4.79 Å². The van der Waals surface area contributed by atoms with Crippen molar-refractivity contribution in [3.05, 3.63) is 23.8 Å². The zero-order valence-electron chi connectivity index (χ0n) is 11.9. The minimum atomic E-state index is -0.0999. The second-order valence-electron chi connectivity index (χ2n) is 5.42. The highest BCUT2D eigenvalue weighted by atomic mass is 16.1. The predicted molar refractivity (Wildman–Crippen MR) is 73.9 cm³/mol. The van der Waals surface area contributed by atoms with Crippen molar-refractivity contribution < 1.29 is 4.79 Å². The Balaban J connectivity index is 1.84. The van der Waals surface area contributed by atoms with Crippen molar-refractivity contribution >= 4 is 5.91 Å². The van der Waals surface area contributed by atoms with Crippen LogP contribution in [0, 0.1) is 12.8 Å². The lowest BCUT2D eigenvalue weighted by atomic mass is 9.92. The summed E-state index contributed by atoms with van der Waals surface area (Å²) in [4.78, 5) is 22.5. The van der Waals surface area contributed by atoms with Gasteiger partial charge >= 0.3 is 0 Å². The van der Waals surface area contributed by atoms with Crippen LogP contribution < -0.4 is 5.32 Å². The summed E-state index contributed by atoms with van der Waals surface area (Å²) in [5.74, 6) is 1.09. The molecule has 1 aliphatic rings. The van der Waals surface area contributed by atoms with E-state index in [-0.39, 0.29) is 5.91 Å². The van der Waals surface area contributed by atoms with E-state index >= 15 is 0 Å². The molecule has 1 N–H and O–H groups in total. The Morgan fingerprint density at radius 2 is 2.37 bits per heavy atom. The molecule has 1 saturated heterocycles. The molecule has 104 valence electrons. The predicted octanol–water partition coefficient (Wildman–Crippen LogP) is 1.25. The summed E-state index contributed by atoms with van der Waals surface area (Å²) in [5.41, 5.74) is 0.452. The van der Waals surface area contributed by atoms with Crippen LogP contribution in [-0.4, -0.2) is 47.0 Å². The van der Waals surface area contributed by atoms with Gasteiger partial charge in [0.15, 0.2) is 0 Å². The summed E-state index contributed by atoms with van der Waals surface area (Å²) >= 11 is 0. The van der Waals surface area contributed by atoms with Crippen LogP contribution in [0.5, 0.6) is 0 Å². The van der Waals surface area contributed by atoms with Crippen LogP contribution in [0.3, 0.4) is 0 Å². The second kappa shape index (κ2) is 6.10. The van der Waals surface area contributed by atoms with E-state index in [2.05, 4.69) is 34.2 Å². The molecule has 5 heteroatoms. The van der Waals surface area contributed by atoms with E-state index in [0.29, 0.717) is 23.5 Å². The first kappa shape index (κ1) is 13.9. The molecule has 2 heterocycles. The topological polar surface area (TPSA) is 58.1 Å². The van der Waals surface area contributed by atoms with Gasteiger partial charge in [0.25, 0.3) is 5.91 Å². The number of hydrogen-bond donors (Lipinski definition) is 1. The molecule has 0 aromatic carbocycles. The van der Waals surface area contributed by atoms with Crippen molar-refractivity contribution in [2.24, 2.45) is 5.92 Å². The standard InChI is InChI=1S/C14H22N4O/c1-10-8-12(5-7-18(10)3)9-16-14(19)13-4-6-15-11(2)17-13/h4,6,10,12H,5,7-9H2,1-3H3,(H,16,19)/t10-,12?/m0/s1. The summed E-state index contributed by atoms with van der Waals surface area (Å²) in [6.45, 7) is 5.87. The molecule has 0 saturated carbocycles. The maximum absolute atomic E-state index is 12.0. The van der Waals surface area contributed by atoms with E-state index in [4.69, 9.17) is 0 Å². The first-order valence-electron chi connectivity index (χ1n) is 6.84. The average Bonchev–Trinajstić information content (AvgIpc) is 2.40. The van der Waals surface area contributed by atoms with E-state index in [1.54, 1.807) is 19.2 Å². The largest absolute Gasteiger partial charge is 0.350 e. The Kier molecular flexibility index (Phi) is 4.47. The molecule has 0 spiro atoms. The van der Waals surface area contributed by atoms with Crippen LogP contribution in [-0.2, 0) is 0 Å². The van der Waals surface area contributed by atoms with Crippen molar-refractivity contribution in [1.82, 2.24) is 20.2 Å². The van der Waals surface area contributed by atoms with Crippen LogP contribution in [0.2, 0.25) is 0 Å². The minimum absolute atomic E-state index is 0.0999.